The summed E-state index contributed by atoms with van der Waals surface area (Å²) in [6.45, 7) is 2.81. The Labute approximate surface area is 119 Å². The lowest BCUT2D eigenvalue weighted by Crippen LogP contribution is -2.25. The highest BCUT2D eigenvalue weighted by Crippen LogP contribution is 2.21. The maximum atomic E-state index is 11.7. The van der Waals surface area contributed by atoms with E-state index < -0.39 is 0 Å². The Hall–Kier alpha value is -2.23. The van der Waals surface area contributed by atoms with Crippen molar-refractivity contribution in [3.63, 3.8) is 0 Å². The second kappa shape index (κ2) is 6.80. The lowest BCUT2D eigenvalue weighted by Gasteiger charge is -2.13. The molecule has 20 heavy (non-hydrogen) atoms. The van der Waals surface area contributed by atoms with E-state index in [9.17, 15) is 4.79 Å². The third-order valence-electron chi connectivity index (χ3n) is 3.39. The van der Waals surface area contributed by atoms with Crippen LogP contribution in [0, 0.1) is 0 Å². The maximum Gasteiger partial charge on any atom is 0.267 e. The SMILES string of the molecule is COc1ccc([C@H](C)CCNC(=O)c2ccc[nH]2)cc1. The van der Waals surface area contributed by atoms with Gasteiger partial charge in [-0.2, -0.15) is 0 Å². The third-order valence-corrected chi connectivity index (χ3v) is 3.39. The topological polar surface area (TPSA) is 54.1 Å². The Balaban J connectivity index is 1.79. The molecule has 0 unspecified atom stereocenters. The zero-order valence-corrected chi connectivity index (χ0v) is 11.8. The van der Waals surface area contributed by atoms with E-state index in [4.69, 9.17) is 4.74 Å². The smallest absolute Gasteiger partial charge is 0.267 e. The standard InChI is InChI=1S/C16H20N2O2/c1-12(13-5-7-14(20-2)8-6-13)9-11-18-16(19)15-4-3-10-17-15/h3-8,10,12,17H,9,11H2,1-2H3,(H,18,19)/t12-/m1/s1. The van der Waals surface area contributed by atoms with Crippen LogP contribution in [0.2, 0.25) is 0 Å². The molecule has 1 atom stereocenters. The average Bonchev–Trinajstić information content (AvgIpc) is 3.01. The van der Waals surface area contributed by atoms with Crippen molar-refractivity contribution in [2.75, 3.05) is 13.7 Å². The number of benzene rings is 1. The minimum absolute atomic E-state index is 0.0584. The van der Waals surface area contributed by atoms with Gasteiger partial charge < -0.3 is 15.0 Å². The number of carbonyl (C=O) groups excluding carboxylic acids is 1. The molecular formula is C16H20N2O2. The summed E-state index contributed by atoms with van der Waals surface area (Å²) < 4.78 is 5.14. The number of H-pyrrole nitrogens is 1. The molecule has 0 spiro atoms. The number of carbonyl (C=O) groups is 1. The molecule has 0 aliphatic carbocycles. The zero-order chi connectivity index (χ0) is 14.4. The molecule has 2 rings (SSSR count). The normalized spacial score (nSPS) is 11.9. The molecule has 1 aromatic heterocycles. The van der Waals surface area contributed by atoms with E-state index in [1.54, 1.807) is 19.4 Å². The van der Waals surface area contributed by atoms with E-state index in [-0.39, 0.29) is 5.91 Å². The minimum Gasteiger partial charge on any atom is -0.497 e. The van der Waals surface area contributed by atoms with Gasteiger partial charge in [0.05, 0.1) is 7.11 Å². The van der Waals surface area contributed by atoms with Crippen molar-refractivity contribution in [3.8, 4) is 5.75 Å². The number of aromatic nitrogens is 1. The number of methoxy groups -OCH3 is 1. The highest BCUT2D eigenvalue weighted by atomic mass is 16.5. The van der Waals surface area contributed by atoms with Gasteiger partial charge in [0.1, 0.15) is 11.4 Å². The number of ether oxygens (including phenoxy) is 1. The Morgan fingerprint density at radius 1 is 1.30 bits per heavy atom. The molecule has 0 bridgehead atoms. The summed E-state index contributed by atoms with van der Waals surface area (Å²) >= 11 is 0. The average molecular weight is 272 g/mol. The van der Waals surface area contributed by atoms with Crippen molar-refractivity contribution in [2.24, 2.45) is 0 Å². The molecule has 2 aromatic rings. The van der Waals surface area contributed by atoms with Crippen LogP contribution < -0.4 is 10.1 Å². The molecule has 4 heteroatoms. The monoisotopic (exact) mass is 272 g/mol. The fraction of sp³-hybridized carbons (Fsp3) is 0.312. The van der Waals surface area contributed by atoms with Gasteiger partial charge in [-0.15, -0.1) is 0 Å². The first-order chi connectivity index (χ1) is 9.70. The van der Waals surface area contributed by atoms with E-state index in [0.29, 0.717) is 18.2 Å². The lowest BCUT2D eigenvalue weighted by molar-refractivity contribution is 0.0948. The molecule has 0 fully saturated rings. The Morgan fingerprint density at radius 3 is 2.65 bits per heavy atom. The predicted molar refractivity (Wildman–Crippen MR) is 79.2 cm³/mol. The highest BCUT2D eigenvalue weighted by molar-refractivity contribution is 5.92. The van der Waals surface area contributed by atoms with Crippen LogP contribution in [0.15, 0.2) is 42.6 Å². The number of hydrogen-bond donors (Lipinski definition) is 2. The van der Waals surface area contributed by atoms with E-state index in [1.807, 2.05) is 18.2 Å². The molecule has 1 aromatic carbocycles. The van der Waals surface area contributed by atoms with Crippen LogP contribution in [0.5, 0.6) is 5.75 Å². The van der Waals surface area contributed by atoms with Crippen molar-refractivity contribution < 1.29 is 9.53 Å². The largest absolute Gasteiger partial charge is 0.497 e. The molecule has 1 amide bonds. The summed E-state index contributed by atoms with van der Waals surface area (Å²) in [5.74, 6) is 1.20. The van der Waals surface area contributed by atoms with Gasteiger partial charge in [0, 0.05) is 12.7 Å². The highest BCUT2D eigenvalue weighted by Gasteiger charge is 2.08. The summed E-state index contributed by atoms with van der Waals surface area (Å²) in [5, 5.41) is 2.91. The van der Waals surface area contributed by atoms with E-state index in [1.165, 1.54) is 5.56 Å². The number of amides is 1. The first kappa shape index (κ1) is 14.2. The number of nitrogens with one attached hydrogen (secondary N) is 2. The van der Waals surface area contributed by atoms with Gasteiger partial charge >= 0.3 is 0 Å². The van der Waals surface area contributed by atoms with Crippen LogP contribution in [-0.2, 0) is 0 Å². The van der Waals surface area contributed by atoms with E-state index in [2.05, 4.69) is 29.4 Å². The number of aromatic amines is 1. The van der Waals surface area contributed by atoms with E-state index in [0.717, 1.165) is 12.2 Å². The van der Waals surface area contributed by atoms with Gasteiger partial charge in [-0.05, 0) is 42.2 Å². The second-order valence-corrected chi connectivity index (χ2v) is 4.80. The fourth-order valence-electron chi connectivity index (χ4n) is 2.07. The summed E-state index contributed by atoms with van der Waals surface area (Å²) in [6, 6.07) is 11.6. The molecule has 106 valence electrons. The molecule has 0 saturated carbocycles. The van der Waals surface area contributed by atoms with Crippen LogP contribution >= 0.6 is 0 Å². The lowest BCUT2D eigenvalue weighted by atomic mass is 9.98. The molecule has 2 N–H and O–H groups in total. The first-order valence-corrected chi connectivity index (χ1v) is 6.76. The van der Waals surface area contributed by atoms with Crippen LogP contribution in [0.4, 0.5) is 0 Å². The second-order valence-electron chi connectivity index (χ2n) is 4.80. The van der Waals surface area contributed by atoms with Gasteiger partial charge in [0.2, 0.25) is 0 Å². The number of rotatable bonds is 6. The van der Waals surface area contributed by atoms with Crippen LogP contribution in [0.25, 0.3) is 0 Å². The molecular weight excluding hydrogens is 252 g/mol. The van der Waals surface area contributed by atoms with E-state index >= 15 is 0 Å². The summed E-state index contributed by atoms with van der Waals surface area (Å²) in [4.78, 5) is 14.6. The van der Waals surface area contributed by atoms with Crippen molar-refractivity contribution in [2.45, 2.75) is 19.3 Å². The van der Waals surface area contributed by atoms with Crippen molar-refractivity contribution in [3.05, 3.63) is 53.9 Å². The van der Waals surface area contributed by atoms with Gasteiger partial charge in [0.25, 0.3) is 5.91 Å². The molecule has 0 saturated heterocycles. The molecule has 0 aliphatic heterocycles. The van der Waals surface area contributed by atoms with Crippen LogP contribution in [0.1, 0.15) is 35.3 Å². The molecule has 1 heterocycles. The van der Waals surface area contributed by atoms with Gasteiger partial charge in [0.15, 0.2) is 0 Å². The van der Waals surface area contributed by atoms with Gasteiger partial charge in [-0.25, -0.2) is 0 Å². The summed E-state index contributed by atoms with van der Waals surface area (Å²) in [7, 11) is 1.66. The van der Waals surface area contributed by atoms with Crippen molar-refractivity contribution in [1.29, 1.82) is 0 Å². The van der Waals surface area contributed by atoms with Crippen LogP contribution in [-0.4, -0.2) is 24.5 Å². The molecule has 0 radical (unpaired) electrons. The predicted octanol–water partition coefficient (Wildman–Crippen LogP) is 2.95. The third kappa shape index (κ3) is 3.63. The van der Waals surface area contributed by atoms with Gasteiger partial charge in [-0.1, -0.05) is 19.1 Å². The quantitative estimate of drug-likeness (QED) is 0.849. The van der Waals surface area contributed by atoms with Crippen molar-refractivity contribution >= 4 is 5.91 Å². The Morgan fingerprint density at radius 2 is 2.05 bits per heavy atom. The summed E-state index contributed by atoms with van der Waals surface area (Å²) in [6.07, 6.45) is 2.65. The van der Waals surface area contributed by atoms with Crippen molar-refractivity contribution in [1.82, 2.24) is 10.3 Å². The Kier molecular flexibility index (Phi) is 4.82. The zero-order valence-electron chi connectivity index (χ0n) is 11.8. The minimum atomic E-state index is -0.0584. The number of hydrogen-bond acceptors (Lipinski definition) is 2. The van der Waals surface area contributed by atoms with Gasteiger partial charge in [-0.3, -0.25) is 4.79 Å². The van der Waals surface area contributed by atoms with Crippen LogP contribution in [0.3, 0.4) is 0 Å². The fourth-order valence-corrected chi connectivity index (χ4v) is 2.07. The molecule has 4 nitrogen and oxygen atoms in total. The molecule has 0 aliphatic rings. The first-order valence-electron chi connectivity index (χ1n) is 6.76. The maximum absolute atomic E-state index is 11.7. The summed E-state index contributed by atoms with van der Waals surface area (Å²) in [5.41, 5.74) is 1.85. The Bertz CT molecular complexity index is 532.